The highest BCUT2D eigenvalue weighted by atomic mass is 32.1. The molecule has 7 heteroatoms. The number of carbonyl (C=O) groups is 2. The molecule has 0 saturated carbocycles. The first-order valence-electron chi connectivity index (χ1n) is 7.14. The number of carbonyl (C=O) groups excluding carboxylic acids is 2. The fourth-order valence-electron chi connectivity index (χ4n) is 2.30. The summed E-state index contributed by atoms with van der Waals surface area (Å²) >= 11 is 1.38. The first kappa shape index (κ1) is 15.4. The second-order valence-electron chi connectivity index (χ2n) is 4.94. The molecule has 1 aromatic carbocycles. The predicted octanol–water partition coefficient (Wildman–Crippen LogP) is 2.26. The van der Waals surface area contributed by atoms with E-state index in [1.807, 2.05) is 11.4 Å². The molecule has 0 bridgehead atoms. The van der Waals surface area contributed by atoms with Crippen LogP contribution in [0, 0.1) is 0 Å². The largest absolute Gasteiger partial charge is 0.454 e. The van der Waals surface area contributed by atoms with Gasteiger partial charge >= 0.3 is 0 Å². The molecule has 0 atom stereocenters. The second-order valence-corrected chi connectivity index (χ2v) is 5.89. The third-order valence-corrected chi connectivity index (χ3v) is 4.28. The molecule has 3 rings (SSSR count). The number of hydrogen-bond acceptors (Lipinski definition) is 5. The molecule has 0 spiro atoms. The molecule has 6 nitrogen and oxygen atoms in total. The summed E-state index contributed by atoms with van der Waals surface area (Å²) in [5.41, 5.74) is 0.715. The van der Waals surface area contributed by atoms with Gasteiger partial charge in [0.1, 0.15) is 0 Å². The molecule has 1 N–H and O–H groups in total. The van der Waals surface area contributed by atoms with Crippen LogP contribution in [0.4, 0.5) is 5.69 Å². The number of thiophene rings is 1. The molecule has 23 heavy (non-hydrogen) atoms. The number of anilines is 1. The Morgan fingerprint density at radius 1 is 1.26 bits per heavy atom. The Bertz CT molecular complexity index is 715. The summed E-state index contributed by atoms with van der Waals surface area (Å²) < 4.78 is 10.6. The van der Waals surface area contributed by atoms with Crippen LogP contribution in [0.3, 0.4) is 0 Å². The fourth-order valence-corrected chi connectivity index (χ4v) is 2.94. The minimum Gasteiger partial charge on any atom is -0.454 e. The van der Waals surface area contributed by atoms with Gasteiger partial charge in [-0.25, -0.2) is 0 Å². The molecular formula is C16H16N2O4S. The van der Waals surface area contributed by atoms with Crippen molar-refractivity contribution in [3.05, 3.63) is 40.6 Å². The second kappa shape index (κ2) is 6.70. The van der Waals surface area contributed by atoms with Crippen LogP contribution in [-0.2, 0) is 4.79 Å². The molecule has 0 radical (unpaired) electrons. The minimum atomic E-state index is -0.130. The van der Waals surface area contributed by atoms with Crippen LogP contribution in [-0.4, -0.2) is 31.7 Å². The third-order valence-electron chi connectivity index (χ3n) is 3.41. The summed E-state index contributed by atoms with van der Waals surface area (Å²) in [5, 5.41) is 4.66. The Morgan fingerprint density at radius 3 is 2.83 bits per heavy atom. The number of benzene rings is 1. The van der Waals surface area contributed by atoms with Crippen LogP contribution < -0.4 is 19.7 Å². The van der Waals surface area contributed by atoms with E-state index in [1.54, 1.807) is 29.2 Å². The van der Waals surface area contributed by atoms with Gasteiger partial charge in [-0.15, -0.1) is 11.3 Å². The van der Waals surface area contributed by atoms with Crippen LogP contribution in [0.25, 0.3) is 0 Å². The zero-order valence-corrected chi connectivity index (χ0v) is 13.4. The molecular weight excluding hydrogens is 316 g/mol. The molecule has 0 aliphatic carbocycles. The van der Waals surface area contributed by atoms with Crippen molar-refractivity contribution >= 4 is 28.8 Å². The molecule has 0 saturated heterocycles. The van der Waals surface area contributed by atoms with Crippen molar-refractivity contribution in [2.75, 3.05) is 24.8 Å². The average molecular weight is 332 g/mol. The number of ether oxygens (including phenoxy) is 2. The maximum Gasteiger partial charge on any atom is 0.261 e. The maximum absolute atomic E-state index is 11.9. The SMILES string of the molecule is CC(=O)N(CCNC(=O)c1cccs1)c1ccc2c(c1)OCO2. The van der Waals surface area contributed by atoms with Crippen molar-refractivity contribution in [2.45, 2.75) is 6.92 Å². The number of rotatable bonds is 5. The predicted molar refractivity (Wildman–Crippen MR) is 87.2 cm³/mol. The number of fused-ring (bicyclic) bond motifs is 1. The lowest BCUT2D eigenvalue weighted by Crippen LogP contribution is -2.37. The van der Waals surface area contributed by atoms with Gasteiger partial charge in [-0.3, -0.25) is 9.59 Å². The van der Waals surface area contributed by atoms with E-state index in [2.05, 4.69) is 5.32 Å². The maximum atomic E-state index is 11.9. The quantitative estimate of drug-likeness (QED) is 0.912. The number of amides is 2. The van der Waals surface area contributed by atoms with E-state index in [-0.39, 0.29) is 18.6 Å². The zero-order chi connectivity index (χ0) is 16.2. The lowest BCUT2D eigenvalue weighted by Gasteiger charge is -2.21. The van der Waals surface area contributed by atoms with Crippen molar-refractivity contribution in [1.82, 2.24) is 5.32 Å². The smallest absolute Gasteiger partial charge is 0.261 e. The van der Waals surface area contributed by atoms with Crippen LogP contribution in [0.5, 0.6) is 11.5 Å². The van der Waals surface area contributed by atoms with Gasteiger partial charge in [0.15, 0.2) is 11.5 Å². The van der Waals surface area contributed by atoms with E-state index >= 15 is 0 Å². The van der Waals surface area contributed by atoms with Crippen molar-refractivity contribution < 1.29 is 19.1 Å². The standard InChI is InChI=1S/C16H16N2O4S/c1-11(19)18(7-6-17-16(20)15-3-2-8-23-15)12-4-5-13-14(9-12)22-10-21-13/h2-5,8-9H,6-7,10H2,1H3,(H,17,20). The molecule has 1 aliphatic rings. The molecule has 2 amide bonds. The number of nitrogens with zero attached hydrogens (tertiary/aromatic N) is 1. The Hall–Kier alpha value is -2.54. The Balaban J connectivity index is 1.63. The highest BCUT2D eigenvalue weighted by Gasteiger charge is 2.18. The van der Waals surface area contributed by atoms with Gasteiger partial charge in [0.05, 0.1) is 4.88 Å². The van der Waals surface area contributed by atoms with E-state index in [0.29, 0.717) is 35.2 Å². The first-order valence-corrected chi connectivity index (χ1v) is 8.02. The summed E-state index contributed by atoms with van der Waals surface area (Å²) in [6.07, 6.45) is 0. The molecule has 1 aromatic heterocycles. The highest BCUT2D eigenvalue weighted by molar-refractivity contribution is 7.12. The zero-order valence-electron chi connectivity index (χ0n) is 12.6. The van der Waals surface area contributed by atoms with Crippen molar-refractivity contribution in [3.63, 3.8) is 0 Å². The van der Waals surface area contributed by atoms with Gasteiger partial charge in [-0.05, 0) is 23.6 Å². The summed E-state index contributed by atoms with van der Waals surface area (Å²) in [6, 6.07) is 8.94. The van der Waals surface area contributed by atoms with E-state index in [0.717, 1.165) is 0 Å². The van der Waals surface area contributed by atoms with Crippen LogP contribution in [0.15, 0.2) is 35.7 Å². The lowest BCUT2D eigenvalue weighted by molar-refractivity contribution is -0.116. The monoisotopic (exact) mass is 332 g/mol. The minimum absolute atomic E-state index is 0.103. The average Bonchev–Trinajstić information content (AvgIpc) is 3.20. The fraction of sp³-hybridized carbons (Fsp3) is 0.250. The van der Waals surface area contributed by atoms with Gasteiger partial charge in [0, 0.05) is 31.8 Å². The molecule has 2 aromatic rings. The molecule has 0 fully saturated rings. The van der Waals surface area contributed by atoms with Gasteiger partial charge in [0.2, 0.25) is 12.7 Å². The van der Waals surface area contributed by atoms with E-state index in [4.69, 9.17) is 9.47 Å². The van der Waals surface area contributed by atoms with Crippen LogP contribution in [0.1, 0.15) is 16.6 Å². The van der Waals surface area contributed by atoms with Gasteiger partial charge in [-0.2, -0.15) is 0 Å². The van der Waals surface area contributed by atoms with Crippen molar-refractivity contribution in [2.24, 2.45) is 0 Å². The Kier molecular flexibility index (Phi) is 4.47. The highest BCUT2D eigenvalue weighted by Crippen LogP contribution is 2.35. The van der Waals surface area contributed by atoms with Crippen LogP contribution >= 0.6 is 11.3 Å². The summed E-state index contributed by atoms with van der Waals surface area (Å²) in [7, 11) is 0. The van der Waals surface area contributed by atoms with E-state index in [1.165, 1.54) is 18.3 Å². The van der Waals surface area contributed by atoms with Gasteiger partial charge < -0.3 is 19.7 Å². The summed E-state index contributed by atoms with van der Waals surface area (Å²) in [4.78, 5) is 26.0. The molecule has 120 valence electrons. The summed E-state index contributed by atoms with van der Waals surface area (Å²) in [6.45, 7) is 2.43. The van der Waals surface area contributed by atoms with Gasteiger partial charge in [-0.1, -0.05) is 6.07 Å². The van der Waals surface area contributed by atoms with E-state index < -0.39 is 0 Å². The lowest BCUT2D eigenvalue weighted by atomic mass is 10.2. The molecule has 0 unspecified atom stereocenters. The topological polar surface area (TPSA) is 67.9 Å². The van der Waals surface area contributed by atoms with Crippen molar-refractivity contribution in [3.8, 4) is 11.5 Å². The molecule has 2 heterocycles. The molecule has 1 aliphatic heterocycles. The van der Waals surface area contributed by atoms with Crippen LogP contribution in [0.2, 0.25) is 0 Å². The number of hydrogen-bond donors (Lipinski definition) is 1. The van der Waals surface area contributed by atoms with Gasteiger partial charge in [0.25, 0.3) is 5.91 Å². The summed E-state index contributed by atoms with van der Waals surface area (Å²) in [5.74, 6) is 1.06. The van der Waals surface area contributed by atoms with E-state index in [9.17, 15) is 9.59 Å². The third kappa shape index (κ3) is 3.45. The Labute approximate surface area is 137 Å². The number of nitrogens with one attached hydrogen (secondary N) is 1. The first-order chi connectivity index (χ1) is 11.1. The normalized spacial score (nSPS) is 12.0. The van der Waals surface area contributed by atoms with Crippen molar-refractivity contribution in [1.29, 1.82) is 0 Å². The Morgan fingerprint density at radius 2 is 2.09 bits per heavy atom.